The topological polar surface area (TPSA) is 110 Å². The van der Waals surface area contributed by atoms with Gasteiger partial charge in [-0.25, -0.2) is 0 Å². The Labute approximate surface area is 214 Å². The molecule has 4 N–H and O–H groups in total. The Kier molecular flexibility index (Phi) is 9.01. The molecule has 2 aromatic carbocycles. The van der Waals surface area contributed by atoms with Crippen LogP contribution in [0.15, 0.2) is 64.6 Å². The first-order valence-electron chi connectivity index (χ1n) is 12.1. The molecule has 3 rings (SSSR count). The van der Waals surface area contributed by atoms with Crippen LogP contribution in [-0.2, 0) is 9.53 Å². The van der Waals surface area contributed by atoms with E-state index in [9.17, 15) is 4.79 Å². The maximum absolute atomic E-state index is 12.9. The minimum atomic E-state index is -0.732. The van der Waals surface area contributed by atoms with Gasteiger partial charge < -0.3 is 26.0 Å². The van der Waals surface area contributed by atoms with Crippen LogP contribution in [0.4, 0.5) is 0 Å². The van der Waals surface area contributed by atoms with Crippen molar-refractivity contribution in [2.24, 2.45) is 21.5 Å². The standard InChI is InChI=1S/C28H38N6O2/c1-18(33(3)4)16-31-27(29)22-11-7-9-20(13-22)25-15-24(35)26(36-25)21-10-8-12-23(14-21)28(30)32-17-19(2)34(5)6/h7-15,18-19,26H,16-17H2,1-6H3,(H2,29,31)(H2,30,32). The Hall–Kier alpha value is -3.49. The molecule has 8 nitrogen and oxygen atoms in total. The normalized spacial score (nSPS) is 18.4. The largest absolute Gasteiger partial charge is 0.477 e. The molecule has 0 aromatic heterocycles. The van der Waals surface area contributed by atoms with E-state index in [4.69, 9.17) is 16.2 Å². The molecule has 0 aliphatic carbocycles. The van der Waals surface area contributed by atoms with E-state index >= 15 is 0 Å². The molecule has 0 bridgehead atoms. The van der Waals surface area contributed by atoms with Crippen LogP contribution < -0.4 is 11.5 Å². The number of carbonyl (C=O) groups is 1. The Morgan fingerprint density at radius 3 is 1.97 bits per heavy atom. The summed E-state index contributed by atoms with van der Waals surface area (Å²) in [5, 5.41) is 0. The third-order valence-corrected chi connectivity index (χ3v) is 6.52. The quantitative estimate of drug-likeness (QED) is 0.391. The number of ketones is 1. The molecular weight excluding hydrogens is 452 g/mol. The number of hydrogen-bond acceptors (Lipinski definition) is 6. The zero-order valence-electron chi connectivity index (χ0n) is 22.1. The number of nitrogens with zero attached hydrogens (tertiary/aromatic N) is 4. The van der Waals surface area contributed by atoms with E-state index in [2.05, 4.69) is 33.6 Å². The van der Waals surface area contributed by atoms with E-state index in [0.717, 1.165) is 22.3 Å². The Morgan fingerprint density at radius 2 is 1.42 bits per heavy atom. The summed E-state index contributed by atoms with van der Waals surface area (Å²) in [6.07, 6.45) is 0.803. The Balaban J connectivity index is 1.75. The molecule has 36 heavy (non-hydrogen) atoms. The molecule has 0 amide bonds. The summed E-state index contributed by atoms with van der Waals surface area (Å²) >= 11 is 0. The molecule has 1 heterocycles. The molecule has 3 atom stereocenters. The van der Waals surface area contributed by atoms with Crippen LogP contribution in [0.1, 0.15) is 42.2 Å². The van der Waals surface area contributed by atoms with E-state index in [1.807, 2.05) is 76.7 Å². The summed E-state index contributed by atoms with van der Waals surface area (Å²) in [5.74, 6) is 1.28. The highest BCUT2D eigenvalue weighted by Gasteiger charge is 2.29. The number of nitrogens with two attached hydrogens (primary N) is 2. The van der Waals surface area contributed by atoms with Crippen molar-refractivity contribution in [2.45, 2.75) is 32.0 Å². The first-order chi connectivity index (χ1) is 17.1. The number of aliphatic imine (C=N–C) groups is 2. The van der Waals surface area contributed by atoms with Gasteiger partial charge >= 0.3 is 0 Å². The molecule has 3 unspecified atom stereocenters. The number of ether oxygens (including phenoxy) is 1. The van der Waals surface area contributed by atoms with Gasteiger partial charge in [0.1, 0.15) is 17.4 Å². The van der Waals surface area contributed by atoms with Crippen molar-refractivity contribution in [3.05, 3.63) is 76.9 Å². The molecule has 0 radical (unpaired) electrons. The van der Waals surface area contributed by atoms with Gasteiger partial charge in [-0.15, -0.1) is 0 Å². The van der Waals surface area contributed by atoms with Crippen molar-refractivity contribution in [1.82, 2.24) is 9.80 Å². The zero-order chi connectivity index (χ0) is 26.4. The number of carbonyl (C=O) groups excluding carboxylic acids is 1. The lowest BCUT2D eigenvalue weighted by molar-refractivity contribution is -0.120. The molecule has 192 valence electrons. The molecule has 1 aliphatic rings. The van der Waals surface area contributed by atoms with Crippen molar-refractivity contribution >= 4 is 23.2 Å². The molecule has 0 fully saturated rings. The van der Waals surface area contributed by atoms with Crippen LogP contribution in [0, 0.1) is 0 Å². The van der Waals surface area contributed by atoms with Crippen molar-refractivity contribution in [1.29, 1.82) is 0 Å². The van der Waals surface area contributed by atoms with Gasteiger partial charge in [-0.2, -0.15) is 0 Å². The van der Waals surface area contributed by atoms with Gasteiger partial charge in [-0.05, 0) is 54.2 Å². The number of benzene rings is 2. The van der Waals surface area contributed by atoms with Crippen LogP contribution in [0.3, 0.4) is 0 Å². The predicted molar refractivity (Wildman–Crippen MR) is 147 cm³/mol. The van der Waals surface area contributed by atoms with Gasteiger partial charge in [0.25, 0.3) is 0 Å². The Bertz CT molecular complexity index is 1170. The highest BCUT2D eigenvalue weighted by Crippen LogP contribution is 2.34. The number of likely N-dealkylation sites (N-methyl/N-ethyl adjacent to an activating group) is 2. The number of amidine groups is 2. The van der Waals surface area contributed by atoms with Crippen LogP contribution in [0.25, 0.3) is 5.76 Å². The fourth-order valence-electron chi connectivity index (χ4n) is 3.47. The van der Waals surface area contributed by atoms with E-state index in [1.165, 1.54) is 6.08 Å². The maximum Gasteiger partial charge on any atom is 0.204 e. The van der Waals surface area contributed by atoms with Crippen molar-refractivity contribution in [2.75, 3.05) is 41.3 Å². The van der Waals surface area contributed by atoms with Crippen LogP contribution >= 0.6 is 0 Å². The summed E-state index contributed by atoms with van der Waals surface area (Å²) in [5.41, 5.74) is 15.5. The molecule has 8 heteroatoms. The molecular formula is C28H38N6O2. The number of hydrogen-bond donors (Lipinski definition) is 2. The summed E-state index contributed by atoms with van der Waals surface area (Å²) in [6, 6.07) is 15.6. The van der Waals surface area contributed by atoms with Gasteiger partial charge in [0, 0.05) is 40.4 Å². The van der Waals surface area contributed by atoms with Gasteiger partial charge in [-0.3, -0.25) is 14.8 Å². The van der Waals surface area contributed by atoms with E-state index in [0.29, 0.717) is 30.5 Å². The highest BCUT2D eigenvalue weighted by atomic mass is 16.5. The molecule has 0 saturated carbocycles. The minimum absolute atomic E-state index is 0.120. The molecule has 1 aliphatic heterocycles. The average Bonchev–Trinajstić information content (AvgIpc) is 3.26. The summed E-state index contributed by atoms with van der Waals surface area (Å²) in [6.45, 7) is 5.36. The summed E-state index contributed by atoms with van der Waals surface area (Å²) in [4.78, 5) is 26.1. The van der Waals surface area contributed by atoms with E-state index in [1.54, 1.807) is 0 Å². The van der Waals surface area contributed by atoms with Crippen molar-refractivity contribution in [3.8, 4) is 0 Å². The van der Waals surface area contributed by atoms with Crippen molar-refractivity contribution in [3.63, 3.8) is 0 Å². The van der Waals surface area contributed by atoms with Crippen LogP contribution in [0.2, 0.25) is 0 Å². The highest BCUT2D eigenvalue weighted by molar-refractivity contribution is 6.04. The minimum Gasteiger partial charge on any atom is -0.477 e. The first-order valence-corrected chi connectivity index (χ1v) is 12.1. The molecule has 2 aromatic rings. The summed E-state index contributed by atoms with van der Waals surface area (Å²) < 4.78 is 6.11. The third kappa shape index (κ3) is 6.80. The van der Waals surface area contributed by atoms with E-state index < -0.39 is 6.10 Å². The predicted octanol–water partition coefficient (Wildman–Crippen LogP) is 2.68. The van der Waals surface area contributed by atoms with Crippen LogP contribution in [-0.4, -0.2) is 80.6 Å². The van der Waals surface area contributed by atoms with E-state index in [-0.39, 0.29) is 17.9 Å². The number of rotatable bonds is 10. The zero-order valence-corrected chi connectivity index (χ0v) is 22.1. The van der Waals surface area contributed by atoms with Crippen molar-refractivity contribution < 1.29 is 9.53 Å². The van der Waals surface area contributed by atoms with Gasteiger partial charge in [-0.1, -0.05) is 36.4 Å². The second kappa shape index (κ2) is 12.0. The van der Waals surface area contributed by atoms with Gasteiger partial charge in [0.05, 0.1) is 13.1 Å². The summed E-state index contributed by atoms with van der Waals surface area (Å²) in [7, 11) is 8.04. The fourth-order valence-corrected chi connectivity index (χ4v) is 3.47. The van der Waals surface area contributed by atoms with Crippen LogP contribution in [0.5, 0.6) is 0 Å². The molecule has 0 spiro atoms. The monoisotopic (exact) mass is 490 g/mol. The lowest BCUT2D eigenvalue weighted by atomic mass is 10.0. The maximum atomic E-state index is 12.9. The Morgan fingerprint density at radius 1 is 0.889 bits per heavy atom. The molecule has 0 saturated heterocycles. The van der Waals surface area contributed by atoms with Gasteiger partial charge in [0.15, 0.2) is 6.10 Å². The fraction of sp³-hybridized carbons (Fsp3) is 0.393. The second-order valence-corrected chi connectivity index (χ2v) is 9.69. The third-order valence-electron chi connectivity index (χ3n) is 6.52. The first kappa shape index (κ1) is 27.1. The van der Waals surface area contributed by atoms with Gasteiger partial charge in [0.2, 0.25) is 5.78 Å². The lowest BCUT2D eigenvalue weighted by Crippen LogP contribution is -2.28. The smallest absolute Gasteiger partial charge is 0.204 e. The lowest BCUT2D eigenvalue weighted by Gasteiger charge is -2.18. The second-order valence-electron chi connectivity index (χ2n) is 9.69. The average molecular weight is 491 g/mol. The SMILES string of the molecule is CC(CN=C(N)c1cccc(C2=CC(=O)C(c3cccc(C(N)=NCC(C)N(C)C)c3)O2)c1)N(C)C.